The van der Waals surface area contributed by atoms with Crippen molar-refractivity contribution in [1.29, 1.82) is 0 Å². The van der Waals surface area contributed by atoms with E-state index in [0.717, 1.165) is 44.2 Å². The van der Waals surface area contributed by atoms with Crippen molar-refractivity contribution < 1.29 is 0 Å². The molecular formula is C21H26N6. The van der Waals surface area contributed by atoms with Crippen molar-refractivity contribution in [2.45, 2.75) is 38.5 Å². The van der Waals surface area contributed by atoms with Crippen molar-refractivity contribution in [3.8, 4) is 11.5 Å². The largest absolute Gasteiger partial charge is 0.325 e. The summed E-state index contributed by atoms with van der Waals surface area (Å²) in [6.07, 6.45) is 6.47. The molecule has 1 fully saturated rings. The van der Waals surface area contributed by atoms with E-state index in [1.807, 2.05) is 6.20 Å². The van der Waals surface area contributed by atoms with Crippen molar-refractivity contribution in [1.82, 2.24) is 29.5 Å². The zero-order valence-corrected chi connectivity index (χ0v) is 15.6. The number of rotatable bonds is 4. The van der Waals surface area contributed by atoms with E-state index in [4.69, 9.17) is 5.10 Å². The number of hydrogen-bond donors (Lipinski definition) is 1. The number of hydrogen-bond acceptors (Lipinski definition) is 4. The summed E-state index contributed by atoms with van der Waals surface area (Å²) in [7, 11) is 0. The average molecular weight is 362 g/mol. The minimum absolute atomic E-state index is 0.455. The second kappa shape index (κ2) is 7.29. The first kappa shape index (κ1) is 16.7. The Morgan fingerprint density at radius 3 is 2.96 bits per heavy atom. The van der Waals surface area contributed by atoms with Gasteiger partial charge in [0, 0.05) is 44.6 Å². The van der Waals surface area contributed by atoms with E-state index < -0.39 is 0 Å². The van der Waals surface area contributed by atoms with Crippen molar-refractivity contribution in [3.05, 3.63) is 60.0 Å². The Labute approximate surface area is 159 Å². The molecule has 5 rings (SSSR count). The number of piperidine rings is 1. The lowest BCUT2D eigenvalue weighted by Crippen LogP contribution is -2.36. The van der Waals surface area contributed by atoms with Gasteiger partial charge >= 0.3 is 0 Å². The van der Waals surface area contributed by atoms with Gasteiger partial charge in [0.1, 0.15) is 5.69 Å². The van der Waals surface area contributed by atoms with Crippen molar-refractivity contribution in [3.63, 3.8) is 0 Å². The minimum Gasteiger partial charge on any atom is -0.325 e. The van der Waals surface area contributed by atoms with E-state index in [0.29, 0.717) is 6.04 Å². The van der Waals surface area contributed by atoms with E-state index in [1.165, 1.54) is 30.6 Å². The standard InChI is InChI=1S/C21H26N6/c1-2-5-17(6-3-1)15-25-10-4-7-18(16-25)26-11-9-23-21(26)20-13-19-14-22-8-12-27(19)24-20/h1-3,5-6,9,11,13,18,22H,4,7-8,10,12,14-16H2. The van der Waals surface area contributed by atoms with Crippen LogP contribution in [0.1, 0.15) is 30.1 Å². The van der Waals surface area contributed by atoms with Gasteiger partial charge in [-0.1, -0.05) is 30.3 Å². The predicted octanol–water partition coefficient (Wildman–Crippen LogP) is 2.69. The Balaban J connectivity index is 1.36. The van der Waals surface area contributed by atoms with E-state index >= 15 is 0 Å². The molecule has 0 aliphatic carbocycles. The molecule has 0 radical (unpaired) electrons. The van der Waals surface area contributed by atoms with Crippen LogP contribution in [-0.4, -0.2) is 43.9 Å². The molecule has 140 valence electrons. The summed E-state index contributed by atoms with van der Waals surface area (Å²) in [5.74, 6) is 1.00. The molecule has 2 aliphatic heterocycles. The highest BCUT2D eigenvalue weighted by Crippen LogP contribution is 2.28. The second-order valence-corrected chi connectivity index (χ2v) is 7.60. The van der Waals surface area contributed by atoms with Gasteiger partial charge in [0.25, 0.3) is 0 Å². The van der Waals surface area contributed by atoms with Crippen LogP contribution in [0.3, 0.4) is 0 Å². The molecule has 27 heavy (non-hydrogen) atoms. The minimum atomic E-state index is 0.455. The van der Waals surface area contributed by atoms with Crippen LogP contribution in [0.5, 0.6) is 0 Å². The third-order valence-corrected chi connectivity index (χ3v) is 5.69. The van der Waals surface area contributed by atoms with Crippen LogP contribution in [-0.2, 0) is 19.6 Å². The summed E-state index contributed by atoms with van der Waals surface area (Å²) in [5.41, 5.74) is 3.64. The maximum Gasteiger partial charge on any atom is 0.160 e. The molecule has 1 unspecified atom stereocenters. The third kappa shape index (κ3) is 3.42. The van der Waals surface area contributed by atoms with Gasteiger partial charge in [0.15, 0.2) is 5.82 Å². The molecular weight excluding hydrogens is 336 g/mol. The number of fused-ring (bicyclic) bond motifs is 1. The van der Waals surface area contributed by atoms with Gasteiger partial charge in [-0.15, -0.1) is 0 Å². The van der Waals surface area contributed by atoms with Crippen LogP contribution in [0, 0.1) is 0 Å². The van der Waals surface area contributed by atoms with Gasteiger partial charge in [-0.2, -0.15) is 5.10 Å². The summed E-state index contributed by atoms with van der Waals surface area (Å²) in [6, 6.07) is 13.4. The smallest absolute Gasteiger partial charge is 0.160 e. The maximum atomic E-state index is 4.82. The summed E-state index contributed by atoms with van der Waals surface area (Å²) < 4.78 is 4.46. The van der Waals surface area contributed by atoms with Crippen LogP contribution >= 0.6 is 0 Å². The lowest BCUT2D eigenvalue weighted by molar-refractivity contribution is 0.171. The fourth-order valence-electron chi connectivity index (χ4n) is 4.35. The van der Waals surface area contributed by atoms with E-state index in [2.05, 4.69) is 67.0 Å². The maximum absolute atomic E-state index is 4.82. The average Bonchev–Trinajstić information content (AvgIpc) is 3.36. The molecule has 0 spiro atoms. The molecule has 1 saturated heterocycles. The first-order chi connectivity index (χ1) is 13.4. The topological polar surface area (TPSA) is 50.9 Å². The van der Waals surface area contributed by atoms with Gasteiger partial charge in [-0.3, -0.25) is 9.58 Å². The fourth-order valence-corrected chi connectivity index (χ4v) is 4.35. The summed E-state index contributed by atoms with van der Waals surface area (Å²) in [5, 5.41) is 8.23. The summed E-state index contributed by atoms with van der Waals surface area (Å²) in [4.78, 5) is 7.23. The molecule has 2 aromatic heterocycles. The molecule has 0 bridgehead atoms. The highest BCUT2D eigenvalue weighted by Gasteiger charge is 2.25. The predicted molar refractivity (Wildman–Crippen MR) is 105 cm³/mol. The number of nitrogens with one attached hydrogen (secondary N) is 1. The van der Waals surface area contributed by atoms with Gasteiger partial charge in [0.2, 0.25) is 0 Å². The van der Waals surface area contributed by atoms with Gasteiger partial charge in [-0.05, 0) is 31.0 Å². The Hall–Kier alpha value is -2.44. The van der Waals surface area contributed by atoms with Crippen LogP contribution in [0.4, 0.5) is 0 Å². The molecule has 0 saturated carbocycles. The molecule has 1 atom stereocenters. The van der Waals surface area contributed by atoms with Gasteiger partial charge < -0.3 is 9.88 Å². The van der Waals surface area contributed by atoms with Gasteiger partial charge in [-0.25, -0.2) is 4.98 Å². The first-order valence-corrected chi connectivity index (χ1v) is 9.94. The second-order valence-electron chi connectivity index (χ2n) is 7.60. The van der Waals surface area contributed by atoms with Crippen molar-refractivity contribution in [2.24, 2.45) is 0 Å². The van der Waals surface area contributed by atoms with E-state index in [1.54, 1.807) is 0 Å². The Morgan fingerprint density at radius 1 is 1.15 bits per heavy atom. The molecule has 1 aromatic carbocycles. The Bertz CT molecular complexity index is 873. The number of likely N-dealkylation sites (tertiary alicyclic amines) is 1. The molecule has 1 N–H and O–H groups in total. The normalized spacial score (nSPS) is 20.5. The molecule has 0 amide bonds. The number of benzene rings is 1. The zero-order chi connectivity index (χ0) is 18.1. The lowest BCUT2D eigenvalue weighted by atomic mass is 10.0. The SMILES string of the molecule is c1ccc(CN2CCCC(n3ccnc3-c3cc4n(n3)CCNC4)C2)cc1. The van der Waals surface area contributed by atoms with Crippen molar-refractivity contribution in [2.75, 3.05) is 19.6 Å². The third-order valence-electron chi connectivity index (χ3n) is 5.69. The summed E-state index contributed by atoms with van der Waals surface area (Å²) >= 11 is 0. The van der Waals surface area contributed by atoms with Gasteiger partial charge in [0.05, 0.1) is 12.2 Å². The quantitative estimate of drug-likeness (QED) is 0.775. The van der Waals surface area contributed by atoms with E-state index in [-0.39, 0.29) is 0 Å². The first-order valence-electron chi connectivity index (χ1n) is 9.94. The lowest BCUT2D eigenvalue weighted by Gasteiger charge is -2.34. The van der Waals surface area contributed by atoms with Crippen LogP contribution in [0.2, 0.25) is 0 Å². The number of imidazole rings is 1. The van der Waals surface area contributed by atoms with Crippen LogP contribution in [0.25, 0.3) is 11.5 Å². The number of aromatic nitrogens is 4. The monoisotopic (exact) mass is 362 g/mol. The van der Waals surface area contributed by atoms with Crippen molar-refractivity contribution >= 4 is 0 Å². The highest BCUT2D eigenvalue weighted by molar-refractivity contribution is 5.51. The van der Waals surface area contributed by atoms with Crippen LogP contribution < -0.4 is 5.32 Å². The zero-order valence-electron chi connectivity index (χ0n) is 15.6. The molecule has 6 heteroatoms. The Morgan fingerprint density at radius 2 is 2.07 bits per heavy atom. The number of nitrogens with zero attached hydrogens (tertiary/aromatic N) is 5. The molecule has 4 heterocycles. The molecule has 6 nitrogen and oxygen atoms in total. The van der Waals surface area contributed by atoms with E-state index in [9.17, 15) is 0 Å². The Kier molecular flexibility index (Phi) is 4.51. The summed E-state index contributed by atoms with van der Waals surface area (Å²) in [6.45, 7) is 6.06. The molecule has 3 aromatic rings. The fraction of sp³-hybridized carbons (Fsp3) is 0.429. The molecule has 2 aliphatic rings. The van der Waals surface area contributed by atoms with Crippen LogP contribution in [0.15, 0.2) is 48.8 Å². The highest BCUT2D eigenvalue weighted by atomic mass is 15.3.